The molecule has 0 unspecified atom stereocenters. The fourth-order valence-electron chi connectivity index (χ4n) is 1.36. The predicted molar refractivity (Wildman–Crippen MR) is 57.4 cm³/mol. The van der Waals surface area contributed by atoms with E-state index in [9.17, 15) is 4.79 Å². The molecular weight excluding hydrogens is 206 g/mol. The molecular formula is C11H11N3O2. The van der Waals surface area contributed by atoms with Gasteiger partial charge in [-0.1, -0.05) is 0 Å². The highest BCUT2D eigenvalue weighted by Crippen LogP contribution is 2.11. The summed E-state index contributed by atoms with van der Waals surface area (Å²) in [5, 5.41) is 0. The van der Waals surface area contributed by atoms with Crippen LogP contribution < -0.4 is 4.74 Å². The first-order chi connectivity index (χ1) is 7.72. The Balaban J connectivity index is 2.31. The molecule has 0 aromatic carbocycles. The maximum atomic E-state index is 12.0. The van der Waals surface area contributed by atoms with Crippen molar-refractivity contribution >= 4 is 5.78 Å². The number of nitrogens with zero attached hydrogens (tertiary/aromatic N) is 3. The van der Waals surface area contributed by atoms with Crippen molar-refractivity contribution in [2.75, 3.05) is 7.11 Å². The molecule has 2 heterocycles. The monoisotopic (exact) mass is 217 g/mol. The van der Waals surface area contributed by atoms with E-state index in [1.165, 1.54) is 19.5 Å². The van der Waals surface area contributed by atoms with Crippen LogP contribution >= 0.6 is 0 Å². The molecule has 0 saturated carbocycles. The van der Waals surface area contributed by atoms with Crippen LogP contribution in [0.15, 0.2) is 30.9 Å². The molecule has 16 heavy (non-hydrogen) atoms. The van der Waals surface area contributed by atoms with Crippen molar-refractivity contribution in [1.29, 1.82) is 0 Å². The molecule has 2 aromatic heterocycles. The van der Waals surface area contributed by atoms with Gasteiger partial charge in [0, 0.05) is 24.9 Å². The van der Waals surface area contributed by atoms with Gasteiger partial charge in [-0.2, -0.15) is 0 Å². The van der Waals surface area contributed by atoms with Gasteiger partial charge in [0.1, 0.15) is 5.69 Å². The highest BCUT2D eigenvalue weighted by atomic mass is 16.5. The fourth-order valence-corrected chi connectivity index (χ4v) is 1.36. The SMILES string of the molecule is COc1ccc(C(=O)c2cncn2C)cn1. The second-order valence-electron chi connectivity index (χ2n) is 3.31. The minimum atomic E-state index is -0.102. The van der Waals surface area contributed by atoms with Crippen LogP contribution in [0.1, 0.15) is 16.1 Å². The average Bonchev–Trinajstić information content (AvgIpc) is 2.75. The van der Waals surface area contributed by atoms with Crippen molar-refractivity contribution in [3.8, 4) is 5.88 Å². The smallest absolute Gasteiger partial charge is 0.212 e. The molecule has 0 fully saturated rings. The number of aryl methyl sites for hydroxylation is 1. The van der Waals surface area contributed by atoms with E-state index in [1.54, 1.807) is 30.1 Å². The zero-order chi connectivity index (χ0) is 11.5. The third kappa shape index (κ3) is 1.79. The van der Waals surface area contributed by atoms with Gasteiger partial charge in [0.2, 0.25) is 11.7 Å². The Bertz CT molecular complexity index is 502. The van der Waals surface area contributed by atoms with Crippen LogP contribution in [0.3, 0.4) is 0 Å². The van der Waals surface area contributed by atoms with Gasteiger partial charge in [0.25, 0.3) is 0 Å². The Hall–Kier alpha value is -2.17. The summed E-state index contributed by atoms with van der Waals surface area (Å²) in [6.45, 7) is 0. The third-order valence-corrected chi connectivity index (χ3v) is 2.26. The topological polar surface area (TPSA) is 57.0 Å². The summed E-state index contributed by atoms with van der Waals surface area (Å²) in [4.78, 5) is 19.9. The number of aromatic nitrogens is 3. The van der Waals surface area contributed by atoms with Crippen LogP contribution in [0, 0.1) is 0 Å². The van der Waals surface area contributed by atoms with Gasteiger partial charge < -0.3 is 9.30 Å². The number of imidazole rings is 1. The van der Waals surface area contributed by atoms with Crippen molar-refractivity contribution < 1.29 is 9.53 Å². The quantitative estimate of drug-likeness (QED) is 0.721. The molecule has 0 amide bonds. The van der Waals surface area contributed by atoms with E-state index in [4.69, 9.17) is 4.74 Å². The zero-order valence-electron chi connectivity index (χ0n) is 9.04. The summed E-state index contributed by atoms with van der Waals surface area (Å²) in [5.74, 6) is 0.386. The first-order valence-corrected chi connectivity index (χ1v) is 4.73. The highest BCUT2D eigenvalue weighted by molar-refractivity contribution is 6.07. The zero-order valence-corrected chi connectivity index (χ0v) is 9.04. The van der Waals surface area contributed by atoms with Gasteiger partial charge in [-0.25, -0.2) is 9.97 Å². The lowest BCUT2D eigenvalue weighted by Crippen LogP contribution is -2.07. The lowest BCUT2D eigenvalue weighted by atomic mass is 10.1. The van der Waals surface area contributed by atoms with Gasteiger partial charge in [-0.05, 0) is 6.07 Å². The molecule has 2 aromatic rings. The second-order valence-corrected chi connectivity index (χ2v) is 3.31. The number of carbonyl (C=O) groups is 1. The minimum absolute atomic E-state index is 0.102. The Morgan fingerprint density at radius 2 is 2.19 bits per heavy atom. The first-order valence-electron chi connectivity index (χ1n) is 4.73. The average molecular weight is 217 g/mol. The van der Waals surface area contributed by atoms with Crippen LogP contribution in [0.5, 0.6) is 5.88 Å². The van der Waals surface area contributed by atoms with E-state index >= 15 is 0 Å². The summed E-state index contributed by atoms with van der Waals surface area (Å²) >= 11 is 0. The van der Waals surface area contributed by atoms with Crippen LogP contribution in [-0.2, 0) is 7.05 Å². The van der Waals surface area contributed by atoms with E-state index in [1.807, 2.05) is 0 Å². The maximum Gasteiger partial charge on any atom is 0.212 e. The largest absolute Gasteiger partial charge is 0.481 e. The number of ether oxygens (including phenoxy) is 1. The summed E-state index contributed by atoms with van der Waals surface area (Å²) in [6.07, 6.45) is 4.62. The summed E-state index contributed by atoms with van der Waals surface area (Å²) in [5.41, 5.74) is 1.05. The molecule has 0 aliphatic rings. The first kappa shape index (κ1) is 10.4. The molecule has 5 nitrogen and oxygen atoms in total. The summed E-state index contributed by atoms with van der Waals surface area (Å²) in [7, 11) is 3.31. The number of pyridine rings is 1. The van der Waals surface area contributed by atoms with E-state index in [0.29, 0.717) is 17.1 Å². The molecule has 0 spiro atoms. The van der Waals surface area contributed by atoms with Crippen molar-refractivity contribution in [3.63, 3.8) is 0 Å². The van der Waals surface area contributed by atoms with E-state index in [0.717, 1.165) is 0 Å². The molecule has 0 aliphatic carbocycles. The summed E-state index contributed by atoms with van der Waals surface area (Å²) < 4.78 is 6.60. The predicted octanol–water partition coefficient (Wildman–Crippen LogP) is 1.05. The molecule has 0 N–H and O–H groups in total. The van der Waals surface area contributed by atoms with E-state index in [2.05, 4.69) is 9.97 Å². The van der Waals surface area contributed by atoms with Gasteiger partial charge >= 0.3 is 0 Å². The van der Waals surface area contributed by atoms with Gasteiger partial charge in [-0.3, -0.25) is 4.79 Å². The molecule has 82 valence electrons. The molecule has 0 saturated heterocycles. The molecule has 0 aliphatic heterocycles. The van der Waals surface area contributed by atoms with Gasteiger partial charge in [0.05, 0.1) is 19.6 Å². The maximum absolute atomic E-state index is 12.0. The molecule has 0 radical (unpaired) electrons. The number of hydrogen-bond acceptors (Lipinski definition) is 4. The fraction of sp³-hybridized carbons (Fsp3) is 0.182. The molecule has 5 heteroatoms. The van der Waals surface area contributed by atoms with Gasteiger partial charge in [-0.15, -0.1) is 0 Å². The third-order valence-electron chi connectivity index (χ3n) is 2.26. The van der Waals surface area contributed by atoms with Crippen molar-refractivity contribution in [2.45, 2.75) is 0 Å². The van der Waals surface area contributed by atoms with Crippen molar-refractivity contribution in [1.82, 2.24) is 14.5 Å². The number of hydrogen-bond donors (Lipinski definition) is 0. The molecule has 0 bridgehead atoms. The lowest BCUT2D eigenvalue weighted by molar-refractivity contribution is 0.103. The van der Waals surface area contributed by atoms with Crippen molar-refractivity contribution in [2.24, 2.45) is 7.05 Å². The Kier molecular flexibility index (Phi) is 2.68. The summed E-state index contributed by atoms with van der Waals surface area (Å²) in [6, 6.07) is 3.34. The molecule has 2 rings (SSSR count). The van der Waals surface area contributed by atoms with Crippen LogP contribution in [0.4, 0.5) is 0 Å². The lowest BCUT2D eigenvalue weighted by Gasteiger charge is -2.02. The second kappa shape index (κ2) is 4.14. The van der Waals surface area contributed by atoms with Crippen LogP contribution in [-0.4, -0.2) is 27.4 Å². The van der Waals surface area contributed by atoms with E-state index < -0.39 is 0 Å². The van der Waals surface area contributed by atoms with E-state index in [-0.39, 0.29) is 5.78 Å². The Morgan fingerprint density at radius 3 is 2.69 bits per heavy atom. The van der Waals surface area contributed by atoms with Crippen LogP contribution in [0.25, 0.3) is 0 Å². The van der Waals surface area contributed by atoms with Gasteiger partial charge in [0.15, 0.2) is 0 Å². The standard InChI is InChI=1S/C11H11N3O2/c1-14-7-12-6-9(14)11(15)8-3-4-10(16-2)13-5-8/h3-7H,1-2H3. The Labute approximate surface area is 92.7 Å². The van der Waals surface area contributed by atoms with Crippen molar-refractivity contribution in [3.05, 3.63) is 42.1 Å². The normalized spacial score (nSPS) is 10.1. The number of rotatable bonds is 3. The highest BCUT2D eigenvalue weighted by Gasteiger charge is 2.12. The number of ketones is 1. The molecule has 0 atom stereocenters. The minimum Gasteiger partial charge on any atom is -0.481 e. The number of methoxy groups -OCH3 is 1. The number of carbonyl (C=O) groups excluding carboxylic acids is 1. The Morgan fingerprint density at radius 1 is 1.38 bits per heavy atom. The van der Waals surface area contributed by atoms with Crippen LogP contribution in [0.2, 0.25) is 0 Å².